The minimum atomic E-state index is -0.757. The Morgan fingerprint density at radius 1 is 1.16 bits per heavy atom. The molecular formula is C25H29N3O3. The molecule has 2 heterocycles. The van der Waals surface area contributed by atoms with Crippen LogP contribution in [0.25, 0.3) is 10.9 Å². The Balaban J connectivity index is 1.67. The van der Waals surface area contributed by atoms with Crippen molar-refractivity contribution in [2.75, 3.05) is 11.4 Å². The zero-order valence-corrected chi connectivity index (χ0v) is 18.5. The van der Waals surface area contributed by atoms with Gasteiger partial charge in [0.15, 0.2) is 6.10 Å². The minimum absolute atomic E-state index is 0.0948. The van der Waals surface area contributed by atoms with Crippen LogP contribution in [0.4, 0.5) is 5.69 Å². The molecule has 1 atom stereocenters. The number of nitrogens with one attached hydrogen (secondary N) is 2. The van der Waals surface area contributed by atoms with Crippen molar-refractivity contribution in [2.24, 2.45) is 0 Å². The van der Waals surface area contributed by atoms with Crippen LogP contribution in [-0.4, -0.2) is 35.5 Å². The van der Waals surface area contributed by atoms with Gasteiger partial charge in [-0.2, -0.15) is 0 Å². The maximum absolute atomic E-state index is 13.5. The highest BCUT2D eigenvalue weighted by Gasteiger charge is 2.35. The van der Waals surface area contributed by atoms with Crippen molar-refractivity contribution in [2.45, 2.75) is 52.7 Å². The van der Waals surface area contributed by atoms with Crippen molar-refractivity contribution < 1.29 is 14.3 Å². The molecule has 1 aliphatic rings. The summed E-state index contributed by atoms with van der Waals surface area (Å²) in [6, 6.07) is 13.5. The lowest BCUT2D eigenvalue weighted by Crippen LogP contribution is -2.52. The molecule has 1 aliphatic heterocycles. The van der Waals surface area contributed by atoms with Crippen molar-refractivity contribution in [3.05, 3.63) is 59.3 Å². The van der Waals surface area contributed by atoms with Gasteiger partial charge in [-0.1, -0.05) is 32.0 Å². The van der Waals surface area contributed by atoms with Gasteiger partial charge in [0.1, 0.15) is 11.4 Å². The molecule has 0 bridgehead atoms. The van der Waals surface area contributed by atoms with Crippen molar-refractivity contribution in [3.63, 3.8) is 0 Å². The van der Waals surface area contributed by atoms with Crippen molar-refractivity contribution in [3.8, 4) is 5.75 Å². The fourth-order valence-electron chi connectivity index (χ4n) is 4.21. The summed E-state index contributed by atoms with van der Waals surface area (Å²) < 4.78 is 5.98. The number of aromatic amines is 1. The molecule has 2 aromatic carbocycles. The number of hydrogen-bond acceptors (Lipinski definition) is 3. The van der Waals surface area contributed by atoms with Gasteiger partial charge in [0.05, 0.1) is 12.2 Å². The Kier molecular flexibility index (Phi) is 5.72. The standard InChI is InChI=1S/C25H29N3O3/c1-5-17(6-2)26-24(29)23-14-28(21-9-7-8-10-22(21)31-23)25(30)20-13-18-16(4)11-15(3)12-19(18)27-20/h7-13,17,23,27H,5-6,14H2,1-4H3,(H,26,29). The fourth-order valence-corrected chi connectivity index (χ4v) is 4.21. The van der Waals surface area contributed by atoms with E-state index in [-0.39, 0.29) is 24.4 Å². The Bertz CT molecular complexity index is 1130. The molecule has 31 heavy (non-hydrogen) atoms. The number of aryl methyl sites for hydroxylation is 2. The van der Waals surface area contributed by atoms with Gasteiger partial charge in [-0.05, 0) is 62.1 Å². The third-order valence-electron chi connectivity index (χ3n) is 5.96. The van der Waals surface area contributed by atoms with Crippen LogP contribution in [0, 0.1) is 13.8 Å². The average molecular weight is 420 g/mol. The van der Waals surface area contributed by atoms with Gasteiger partial charge in [-0.25, -0.2) is 0 Å². The predicted octanol–water partition coefficient (Wildman–Crippen LogP) is 4.50. The Labute approximate surface area is 182 Å². The quantitative estimate of drug-likeness (QED) is 0.640. The first-order valence-corrected chi connectivity index (χ1v) is 10.9. The van der Waals surface area contributed by atoms with Crippen LogP contribution >= 0.6 is 0 Å². The number of nitrogens with zero attached hydrogens (tertiary/aromatic N) is 1. The molecule has 1 unspecified atom stereocenters. The lowest BCUT2D eigenvalue weighted by atomic mass is 10.1. The SMILES string of the molecule is CCC(CC)NC(=O)C1CN(C(=O)c2cc3c(C)cc(C)cc3[nH]2)c2ccccc2O1. The third kappa shape index (κ3) is 4.02. The molecule has 6 heteroatoms. The first kappa shape index (κ1) is 21.0. The van der Waals surface area contributed by atoms with Crippen molar-refractivity contribution >= 4 is 28.4 Å². The van der Waals surface area contributed by atoms with Crippen molar-refractivity contribution in [1.29, 1.82) is 0 Å². The molecule has 0 saturated carbocycles. The second-order valence-corrected chi connectivity index (χ2v) is 8.24. The molecule has 3 aromatic rings. The fraction of sp³-hybridized carbons (Fsp3) is 0.360. The Hall–Kier alpha value is -3.28. The molecule has 162 valence electrons. The number of anilines is 1. The molecule has 0 radical (unpaired) electrons. The van der Waals surface area contributed by atoms with Crippen LogP contribution in [0.1, 0.15) is 48.3 Å². The van der Waals surface area contributed by atoms with E-state index in [0.29, 0.717) is 17.1 Å². The van der Waals surface area contributed by atoms with Crippen LogP contribution in [0.15, 0.2) is 42.5 Å². The largest absolute Gasteiger partial charge is 0.477 e. The zero-order chi connectivity index (χ0) is 22.1. The second kappa shape index (κ2) is 8.46. The molecule has 0 saturated heterocycles. The summed E-state index contributed by atoms with van der Waals surface area (Å²) >= 11 is 0. The van der Waals surface area contributed by atoms with E-state index in [2.05, 4.69) is 16.4 Å². The number of para-hydroxylation sites is 2. The van der Waals surface area contributed by atoms with Gasteiger partial charge in [0.25, 0.3) is 11.8 Å². The first-order valence-electron chi connectivity index (χ1n) is 10.9. The summed E-state index contributed by atoms with van der Waals surface area (Å²) in [5, 5.41) is 4.07. The number of aromatic nitrogens is 1. The first-order chi connectivity index (χ1) is 14.9. The molecule has 0 spiro atoms. The number of ether oxygens (including phenoxy) is 1. The van der Waals surface area contributed by atoms with Gasteiger partial charge in [-0.15, -0.1) is 0 Å². The van der Waals surface area contributed by atoms with Crippen LogP contribution < -0.4 is 15.0 Å². The van der Waals surface area contributed by atoms with Crippen LogP contribution in [0.5, 0.6) is 5.75 Å². The molecular weight excluding hydrogens is 390 g/mol. The predicted molar refractivity (Wildman–Crippen MR) is 123 cm³/mol. The van der Waals surface area contributed by atoms with Gasteiger partial charge in [0.2, 0.25) is 0 Å². The van der Waals surface area contributed by atoms with E-state index >= 15 is 0 Å². The number of hydrogen-bond donors (Lipinski definition) is 2. The number of carbonyl (C=O) groups excluding carboxylic acids is 2. The van der Waals surface area contributed by atoms with E-state index in [4.69, 9.17) is 4.74 Å². The lowest BCUT2D eigenvalue weighted by molar-refractivity contribution is -0.128. The Morgan fingerprint density at radius 2 is 1.90 bits per heavy atom. The van der Waals surface area contributed by atoms with Crippen LogP contribution in [0.2, 0.25) is 0 Å². The molecule has 0 fully saturated rings. The van der Waals surface area contributed by atoms with Gasteiger partial charge >= 0.3 is 0 Å². The van der Waals surface area contributed by atoms with Crippen molar-refractivity contribution in [1.82, 2.24) is 10.3 Å². The number of amides is 2. The molecule has 0 aliphatic carbocycles. The summed E-state index contributed by atoms with van der Waals surface area (Å²) in [5.41, 5.74) is 4.37. The van der Waals surface area contributed by atoms with E-state index in [1.165, 1.54) is 0 Å². The molecule has 1 aromatic heterocycles. The monoisotopic (exact) mass is 419 g/mol. The zero-order valence-electron chi connectivity index (χ0n) is 18.5. The number of benzene rings is 2. The van der Waals surface area contributed by atoms with Crippen LogP contribution in [0.3, 0.4) is 0 Å². The van der Waals surface area contributed by atoms with E-state index in [1.807, 2.05) is 58.0 Å². The number of rotatable bonds is 5. The number of fused-ring (bicyclic) bond motifs is 2. The highest BCUT2D eigenvalue weighted by atomic mass is 16.5. The number of H-pyrrole nitrogens is 1. The van der Waals surface area contributed by atoms with Gasteiger partial charge in [-0.3, -0.25) is 14.5 Å². The highest BCUT2D eigenvalue weighted by molar-refractivity contribution is 6.09. The van der Waals surface area contributed by atoms with E-state index in [9.17, 15) is 9.59 Å². The lowest BCUT2D eigenvalue weighted by Gasteiger charge is -2.34. The third-order valence-corrected chi connectivity index (χ3v) is 5.96. The normalized spacial score (nSPS) is 15.6. The average Bonchev–Trinajstić information content (AvgIpc) is 3.20. The number of carbonyl (C=O) groups is 2. The summed E-state index contributed by atoms with van der Waals surface area (Å²) in [7, 11) is 0. The van der Waals surface area contributed by atoms with E-state index in [0.717, 1.165) is 34.9 Å². The molecule has 2 N–H and O–H groups in total. The van der Waals surface area contributed by atoms with Gasteiger partial charge < -0.3 is 15.0 Å². The van der Waals surface area contributed by atoms with Crippen LogP contribution in [-0.2, 0) is 4.79 Å². The van der Waals surface area contributed by atoms with Gasteiger partial charge in [0, 0.05) is 16.9 Å². The maximum atomic E-state index is 13.5. The minimum Gasteiger partial charge on any atom is -0.477 e. The summed E-state index contributed by atoms with van der Waals surface area (Å²) in [6.45, 7) is 8.33. The second-order valence-electron chi connectivity index (χ2n) is 8.24. The maximum Gasteiger partial charge on any atom is 0.274 e. The summed E-state index contributed by atoms with van der Waals surface area (Å²) in [6.07, 6.45) is 0.942. The topological polar surface area (TPSA) is 74.4 Å². The molecule has 6 nitrogen and oxygen atoms in total. The van der Waals surface area contributed by atoms with E-state index in [1.54, 1.807) is 11.0 Å². The summed E-state index contributed by atoms with van der Waals surface area (Å²) in [5.74, 6) is 0.170. The molecule has 2 amide bonds. The Morgan fingerprint density at radius 3 is 2.65 bits per heavy atom. The highest BCUT2D eigenvalue weighted by Crippen LogP contribution is 2.34. The van der Waals surface area contributed by atoms with E-state index < -0.39 is 6.10 Å². The summed E-state index contributed by atoms with van der Waals surface area (Å²) in [4.78, 5) is 31.3. The molecule has 4 rings (SSSR count). The smallest absolute Gasteiger partial charge is 0.274 e.